The summed E-state index contributed by atoms with van der Waals surface area (Å²) in [5.41, 5.74) is 9.00. The molecular weight excluding hydrogens is 320 g/mol. The summed E-state index contributed by atoms with van der Waals surface area (Å²) in [5.74, 6) is 0.750. The van der Waals surface area contributed by atoms with E-state index in [2.05, 4.69) is 22.2 Å². The number of aryl methyl sites for hydroxylation is 1. The van der Waals surface area contributed by atoms with Gasteiger partial charge in [-0.2, -0.15) is 4.98 Å². The molecule has 0 spiro atoms. The second-order valence-electron chi connectivity index (χ2n) is 5.34. The minimum Gasteiger partial charge on any atom is -0.472 e. The fourth-order valence-electron chi connectivity index (χ4n) is 2.29. The lowest BCUT2D eigenvalue weighted by Gasteiger charge is -2.05. The summed E-state index contributed by atoms with van der Waals surface area (Å²) >= 11 is 7.75. The molecule has 3 heterocycles. The molecule has 0 aromatic carbocycles. The molecule has 22 heavy (non-hydrogen) atoms. The first-order chi connectivity index (χ1) is 10.5. The molecule has 1 atom stereocenters. The highest BCUT2D eigenvalue weighted by Gasteiger charge is 2.16. The fourth-order valence-corrected chi connectivity index (χ4v) is 3.81. The topological polar surface area (TPSA) is 77.0 Å². The van der Waals surface area contributed by atoms with Gasteiger partial charge in [0.1, 0.15) is 5.82 Å². The molecule has 3 aromatic rings. The van der Waals surface area contributed by atoms with Crippen LogP contribution in [0.3, 0.4) is 0 Å². The molecule has 0 saturated heterocycles. The van der Waals surface area contributed by atoms with Gasteiger partial charge in [-0.25, -0.2) is 4.98 Å². The molecule has 0 saturated carbocycles. The zero-order valence-electron chi connectivity index (χ0n) is 12.4. The van der Waals surface area contributed by atoms with E-state index in [1.807, 2.05) is 13.0 Å². The van der Waals surface area contributed by atoms with Crippen LogP contribution in [0.25, 0.3) is 10.2 Å². The van der Waals surface area contributed by atoms with Crippen LogP contribution in [0.1, 0.15) is 22.9 Å². The lowest BCUT2D eigenvalue weighted by atomic mass is 10.1. The molecule has 0 aliphatic carbocycles. The van der Waals surface area contributed by atoms with E-state index in [9.17, 15) is 0 Å². The molecule has 0 aliphatic rings. The van der Waals surface area contributed by atoms with Crippen LogP contribution in [0.2, 0.25) is 5.28 Å². The molecule has 0 fully saturated rings. The molecular formula is C15H17ClN4OS. The van der Waals surface area contributed by atoms with Gasteiger partial charge in [0.15, 0.2) is 0 Å². The van der Waals surface area contributed by atoms with E-state index in [0.29, 0.717) is 6.54 Å². The molecule has 0 radical (unpaired) electrons. The van der Waals surface area contributed by atoms with Crippen LogP contribution in [0.15, 0.2) is 23.0 Å². The average molecular weight is 337 g/mol. The molecule has 3 N–H and O–H groups in total. The number of nitrogens with two attached hydrogens (primary N) is 1. The van der Waals surface area contributed by atoms with Gasteiger partial charge in [0, 0.05) is 23.0 Å². The molecule has 5 nitrogen and oxygen atoms in total. The number of anilines is 1. The molecule has 116 valence electrons. The number of fused-ring (bicyclic) bond motifs is 1. The van der Waals surface area contributed by atoms with Crippen molar-refractivity contribution in [1.29, 1.82) is 0 Å². The van der Waals surface area contributed by atoms with E-state index >= 15 is 0 Å². The van der Waals surface area contributed by atoms with Crippen LogP contribution in [0.4, 0.5) is 5.82 Å². The quantitative estimate of drug-likeness (QED) is 0.694. The predicted octanol–water partition coefficient (Wildman–Crippen LogP) is 3.75. The first-order valence-electron chi connectivity index (χ1n) is 7.00. The third-order valence-electron chi connectivity index (χ3n) is 3.38. The second-order valence-corrected chi connectivity index (χ2v) is 6.78. The van der Waals surface area contributed by atoms with E-state index in [1.165, 1.54) is 4.88 Å². The van der Waals surface area contributed by atoms with Crippen molar-refractivity contribution >= 4 is 39.0 Å². The number of thiophene rings is 1. The molecule has 1 unspecified atom stereocenters. The maximum absolute atomic E-state index is 6.07. The molecule has 0 bridgehead atoms. The minimum absolute atomic E-state index is 0.109. The number of furan rings is 1. The van der Waals surface area contributed by atoms with Crippen LogP contribution in [0, 0.1) is 6.92 Å². The van der Waals surface area contributed by atoms with Crippen LogP contribution in [-0.4, -0.2) is 16.0 Å². The van der Waals surface area contributed by atoms with Crippen LogP contribution in [-0.2, 0) is 13.0 Å². The zero-order valence-corrected chi connectivity index (χ0v) is 14.0. The average Bonchev–Trinajstić information content (AvgIpc) is 3.07. The van der Waals surface area contributed by atoms with Crippen molar-refractivity contribution in [2.45, 2.75) is 32.9 Å². The highest BCUT2D eigenvalue weighted by atomic mass is 35.5. The monoisotopic (exact) mass is 336 g/mol. The van der Waals surface area contributed by atoms with E-state index in [-0.39, 0.29) is 11.3 Å². The highest BCUT2D eigenvalue weighted by Crippen LogP contribution is 2.35. The number of aromatic nitrogens is 2. The Morgan fingerprint density at radius 3 is 2.95 bits per heavy atom. The van der Waals surface area contributed by atoms with Gasteiger partial charge in [0.05, 0.1) is 22.7 Å². The van der Waals surface area contributed by atoms with Crippen molar-refractivity contribution < 1.29 is 4.42 Å². The Kier molecular flexibility index (Phi) is 4.33. The third kappa shape index (κ3) is 3.09. The second kappa shape index (κ2) is 6.24. The summed E-state index contributed by atoms with van der Waals surface area (Å²) in [5, 5.41) is 3.55. The SMILES string of the molecule is Cc1c(CC(C)N)sc2c(NCc3ccoc3)nc(Cl)nc12. The largest absolute Gasteiger partial charge is 0.472 e. The summed E-state index contributed by atoms with van der Waals surface area (Å²) in [4.78, 5) is 9.93. The van der Waals surface area contributed by atoms with Gasteiger partial charge in [-0.3, -0.25) is 0 Å². The van der Waals surface area contributed by atoms with E-state index in [1.54, 1.807) is 23.9 Å². The Hall–Kier alpha value is -1.63. The predicted molar refractivity (Wildman–Crippen MR) is 90.6 cm³/mol. The van der Waals surface area contributed by atoms with E-state index < -0.39 is 0 Å². The van der Waals surface area contributed by atoms with Crippen molar-refractivity contribution in [3.8, 4) is 0 Å². The number of nitrogens with one attached hydrogen (secondary N) is 1. The molecule has 3 rings (SSSR count). The number of hydrogen-bond acceptors (Lipinski definition) is 6. The first kappa shape index (κ1) is 15.3. The third-order valence-corrected chi connectivity index (χ3v) is 4.86. The van der Waals surface area contributed by atoms with Crippen molar-refractivity contribution in [2.24, 2.45) is 5.73 Å². The fraction of sp³-hybridized carbons (Fsp3) is 0.333. The van der Waals surface area contributed by atoms with Crippen LogP contribution < -0.4 is 11.1 Å². The van der Waals surface area contributed by atoms with Gasteiger partial charge in [0.2, 0.25) is 5.28 Å². The van der Waals surface area contributed by atoms with Gasteiger partial charge in [-0.15, -0.1) is 11.3 Å². The smallest absolute Gasteiger partial charge is 0.224 e. The number of halogens is 1. The Morgan fingerprint density at radius 1 is 1.45 bits per heavy atom. The van der Waals surface area contributed by atoms with Gasteiger partial charge in [0.25, 0.3) is 0 Å². The summed E-state index contributed by atoms with van der Waals surface area (Å²) < 4.78 is 6.09. The molecule has 0 amide bonds. The Labute approximate surface area is 137 Å². The maximum atomic E-state index is 6.07. The number of rotatable bonds is 5. The van der Waals surface area contributed by atoms with Crippen molar-refractivity contribution in [3.05, 3.63) is 39.9 Å². The van der Waals surface area contributed by atoms with Gasteiger partial charge >= 0.3 is 0 Å². The van der Waals surface area contributed by atoms with E-state index in [0.717, 1.165) is 33.6 Å². The van der Waals surface area contributed by atoms with Gasteiger partial charge in [-0.1, -0.05) is 0 Å². The lowest BCUT2D eigenvalue weighted by molar-refractivity contribution is 0.564. The lowest BCUT2D eigenvalue weighted by Crippen LogP contribution is -2.17. The van der Waals surface area contributed by atoms with Crippen molar-refractivity contribution in [1.82, 2.24) is 9.97 Å². The minimum atomic E-state index is 0.109. The van der Waals surface area contributed by atoms with Gasteiger partial charge < -0.3 is 15.5 Å². The summed E-state index contributed by atoms with van der Waals surface area (Å²) in [6, 6.07) is 2.02. The number of nitrogens with zero attached hydrogens (tertiary/aromatic N) is 2. The zero-order chi connectivity index (χ0) is 15.7. The summed E-state index contributed by atoms with van der Waals surface area (Å²) in [6.45, 7) is 4.68. The number of hydrogen-bond donors (Lipinski definition) is 2. The summed E-state index contributed by atoms with van der Waals surface area (Å²) in [6.07, 6.45) is 4.18. The Bertz CT molecular complexity index is 783. The Balaban J connectivity index is 1.98. The molecule has 3 aromatic heterocycles. The molecule has 7 heteroatoms. The van der Waals surface area contributed by atoms with Crippen molar-refractivity contribution in [2.75, 3.05) is 5.32 Å². The van der Waals surface area contributed by atoms with Gasteiger partial charge in [-0.05, 0) is 43.5 Å². The Morgan fingerprint density at radius 2 is 2.27 bits per heavy atom. The molecule has 0 aliphatic heterocycles. The normalized spacial score (nSPS) is 12.7. The van der Waals surface area contributed by atoms with E-state index in [4.69, 9.17) is 21.8 Å². The van der Waals surface area contributed by atoms with Crippen LogP contribution in [0.5, 0.6) is 0 Å². The summed E-state index contributed by atoms with van der Waals surface area (Å²) in [7, 11) is 0. The van der Waals surface area contributed by atoms with Crippen LogP contribution >= 0.6 is 22.9 Å². The maximum Gasteiger partial charge on any atom is 0.224 e. The highest BCUT2D eigenvalue weighted by molar-refractivity contribution is 7.19. The first-order valence-corrected chi connectivity index (χ1v) is 8.20. The standard InChI is InChI=1S/C15H17ClN4OS/c1-8(17)5-11-9(2)12-13(22-11)14(20-15(16)19-12)18-6-10-3-4-21-7-10/h3-4,7-8H,5-6,17H2,1-2H3,(H,18,19,20). The van der Waals surface area contributed by atoms with Crippen molar-refractivity contribution in [3.63, 3.8) is 0 Å².